The molecule has 0 atom stereocenters. The fourth-order valence-corrected chi connectivity index (χ4v) is 1.77. The largest absolute Gasteiger partial charge is 0.481 e. The monoisotopic (exact) mass is 350 g/mol. The molecule has 1 rings (SSSR count). The van der Waals surface area contributed by atoms with Gasteiger partial charge in [0, 0.05) is 30.6 Å². The van der Waals surface area contributed by atoms with Crippen molar-refractivity contribution in [2.75, 3.05) is 11.9 Å². The molecule has 1 aromatic rings. The number of aliphatic carboxylic acids is 2. The second-order valence-electron chi connectivity index (χ2n) is 5.07. The fourth-order valence-electron chi connectivity index (χ4n) is 1.77. The van der Waals surface area contributed by atoms with Crippen molar-refractivity contribution in [1.29, 1.82) is 5.41 Å². The lowest BCUT2D eigenvalue weighted by Crippen LogP contribution is -2.37. The molecule has 2 amide bonds. The van der Waals surface area contributed by atoms with Crippen LogP contribution in [-0.2, 0) is 19.2 Å². The molecule has 0 radical (unpaired) electrons. The Morgan fingerprint density at radius 3 is 2.00 bits per heavy atom. The number of hydrogen-bond donors (Lipinski definition) is 6. The molecule has 10 heteroatoms. The molecule has 0 aliphatic heterocycles. The highest BCUT2D eigenvalue weighted by Gasteiger charge is 2.26. The van der Waals surface area contributed by atoms with E-state index in [1.54, 1.807) is 24.3 Å². The summed E-state index contributed by atoms with van der Waals surface area (Å²) in [5, 5.41) is 29.3. The summed E-state index contributed by atoms with van der Waals surface area (Å²) in [6.45, 7) is -0.558. The lowest BCUT2D eigenvalue weighted by molar-refractivity contribution is -0.154. The highest BCUT2D eigenvalue weighted by molar-refractivity contribution is 5.97. The molecule has 0 spiro atoms. The zero-order valence-corrected chi connectivity index (χ0v) is 13.1. The number of hydrogen-bond acceptors (Lipinski definition) is 5. The normalized spacial score (nSPS) is 10.1. The molecule has 0 aliphatic carbocycles. The van der Waals surface area contributed by atoms with Gasteiger partial charge in [-0.25, -0.2) is 0 Å². The predicted octanol–water partition coefficient (Wildman–Crippen LogP) is -0.409. The van der Waals surface area contributed by atoms with Crippen LogP contribution in [0, 0.1) is 11.3 Å². The molecule has 0 saturated carbocycles. The molecule has 0 saturated heterocycles. The third-order valence-corrected chi connectivity index (χ3v) is 3.16. The molecular weight excluding hydrogens is 332 g/mol. The molecule has 0 aliphatic rings. The molecule has 25 heavy (non-hydrogen) atoms. The number of rotatable bonds is 9. The highest BCUT2D eigenvalue weighted by Crippen LogP contribution is 2.10. The van der Waals surface area contributed by atoms with E-state index in [2.05, 4.69) is 10.6 Å². The molecule has 10 nitrogen and oxygen atoms in total. The van der Waals surface area contributed by atoms with Gasteiger partial charge in [-0.05, 0) is 24.3 Å². The number of carbonyl (C=O) groups excluding carboxylic acids is 2. The van der Waals surface area contributed by atoms with E-state index in [0.29, 0.717) is 11.3 Å². The standard InChI is InChI=1S/C15H18N4O6/c16-13(17)8-1-3-9(4-2-8)19-12(21)6-5-11(20)18-7-10(14(22)23)15(24)25/h1-4,10H,5-7H2,(H3,16,17)(H,18,20)(H,19,21)(H,22,23)(H,24,25). The zero-order valence-electron chi connectivity index (χ0n) is 13.1. The maximum atomic E-state index is 11.7. The summed E-state index contributed by atoms with van der Waals surface area (Å²) in [5.74, 6) is -6.03. The van der Waals surface area contributed by atoms with Crippen molar-refractivity contribution in [2.45, 2.75) is 12.8 Å². The van der Waals surface area contributed by atoms with Gasteiger partial charge in [-0.1, -0.05) is 0 Å². The van der Waals surface area contributed by atoms with E-state index >= 15 is 0 Å². The first-order valence-electron chi connectivity index (χ1n) is 7.17. The van der Waals surface area contributed by atoms with Gasteiger partial charge in [0.05, 0.1) is 0 Å². The van der Waals surface area contributed by atoms with Crippen LogP contribution in [-0.4, -0.2) is 46.3 Å². The van der Waals surface area contributed by atoms with Crippen LogP contribution in [0.1, 0.15) is 18.4 Å². The van der Waals surface area contributed by atoms with Gasteiger partial charge in [-0.15, -0.1) is 0 Å². The lowest BCUT2D eigenvalue weighted by Gasteiger charge is -2.09. The Hall–Kier alpha value is -3.43. The summed E-state index contributed by atoms with van der Waals surface area (Å²) < 4.78 is 0. The van der Waals surface area contributed by atoms with Crippen molar-refractivity contribution < 1.29 is 29.4 Å². The molecular formula is C15H18N4O6. The van der Waals surface area contributed by atoms with Gasteiger partial charge >= 0.3 is 11.9 Å². The minimum absolute atomic E-state index is 0.101. The molecule has 7 N–H and O–H groups in total. The van der Waals surface area contributed by atoms with Gasteiger partial charge in [0.15, 0.2) is 5.92 Å². The van der Waals surface area contributed by atoms with Gasteiger partial charge in [-0.3, -0.25) is 24.6 Å². The predicted molar refractivity (Wildman–Crippen MR) is 87.1 cm³/mol. The molecule has 134 valence electrons. The summed E-state index contributed by atoms with van der Waals surface area (Å²) >= 11 is 0. The van der Waals surface area contributed by atoms with E-state index in [4.69, 9.17) is 21.4 Å². The fraction of sp³-hybridized carbons (Fsp3) is 0.267. The SMILES string of the molecule is N=C(N)c1ccc(NC(=O)CCC(=O)NCC(C(=O)O)C(=O)O)cc1. The number of amides is 2. The minimum atomic E-state index is -1.74. The highest BCUT2D eigenvalue weighted by atomic mass is 16.4. The minimum Gasteiger partial charge on any atom is -0.481 e. The average molecular weight is 350 g/mol. The summed E-state index contributed by atoms with van der Waals surface area (Å²) in [6.07, 6.45) is -0.381. The molecule has 0 heterocycles. The van der Waals surface area contributed by atoms with Gasteiger partial charge in [0.25, 0.3) is 0 Å². The Morgan fingerprint density at radius 1 is 1.00 bits per heavy atom. The van der Waals surface area contributed by atoms with Gasteiger partial charge < -0.3 is 26.6 Å². The number of anilines is 1. The zero-order chi connectivity index (χ0) is 19.0. The van der Waals surface area contributed by atoms with E-state index in [-0.39, 0.29) is 18.7 Å². The number of nitrogens with one attached hydrogen (secondary N) is 3. The number of carbonyl (C=O) groups is 4. The summed E-state index contributed by atoms with van der Waals surface area (Å²) in [4.78, 5) is 44.6. The third kappa shape index (κ3) is 6.69. The number of carboxylic acid groups (broad SMARTS) is 2. The first-order valence-corrected chi connectivity index (χ1v) is 7.17. The van der Waals surface area contributed by atoms with Crippen LogP contribution in [0.3, 0.4) is 0 Å². The number of amidine groups is 1. The Morgan fingerprint density at radius 2 is 1.52 bits per heavy atom. The summed E-state index contributed by atoms with van der Waals surface area (Å²) in [7, 11) is 0. The molecule has 0 unspecified atom stereocenters. The quantitative estimate of drug-likeness (QED) is 0.199. The number of nitrogen functional groups attached to an aromatic ring is 1. The topological polar surface area (TPSA) is 183 Å². The van der Waals surface area contributed by atoms with E-state index in [9.17, 15) is 19.2 Å². The van der Waals surface area contributed by atoms with E-state index in [1.807, 2.05) is 0 Å². The Labute approximate surface area is 142 Å². The maximum absolute atomic E-state index is 11.7. The van der Waals surface area contributed by atoms with Crippen molar-refractivity contribution in [1.82, 2.24) is 5.32 Å². The van der Waals surface area contributed by atoms with Crippen molar-refractivity contribution in [3.8, 4) is 0 Å². The third-order valence-electron chi connectivity index (χ3n) is 3.16. The second-order valence-corrected chi connectivity index (χ2v) is 5.07. The molecule has 0 aromatic heterocycles. The van der Waals surface area contributed by atoms with Crippen LogP contribution in [0.15, 0.2) is 24.3 Å². The Bertz CT molecular complexity index is 672. The van der Waals surface area contributed by atoms with Gasteiger partial charge in [0.2, 0.25) is 11.8 Å². The van der Waals surface area contributed by atoms with Crippen LogP contribution in [0.5, 0.6) is 0 Å². The van der Waals surface area contributed by atoms with Crippen LogP contribution in [0.2, 0.25) is 0 Å². The first-order chi connectivity index (χ1) is 11.7. The second kappa shape index (κ2) is 9.01. The summed E-state index contributed by atoms with van der Waals surface area (Å²) in [5.41, 5.74) is 6.28. The van der Waals surface area contributed by atoms with Gasteiger partial charge in [-0.2, -0.15) is 0 Å². The lowest BCUT2D eigenvalue weighted by atomic mass is 10.1. The van der Waals surface area contributed by atoms with Crippen LogP contribution >= 0.6 is 0 Å². The average Bonchev–Trinajstić information content (AvgIpc) is 2.53. The molecule has 0 bridgehead atoms. The number of carboxylic acids is 2. The van der Waals surface area contributed by atoms with E-state index in [1.165, 1.54) is 0 Å². The van der Waals surface area contributed by atoms with Crippen molar-refractivity contribution in [2.24, 2.45) is 11.7 Å². The van der Waals surface area contributed by atoms with Gasteiger partial charge in [0.1, 0.15) is 5.84 Å². The first kappa shape index (κ1) is 19.6. The number of benzene rings is 1. The van der Waals surface area contributed by atoms with Crippen LogP contribution in [0.25, 0.3) is 0 Å². The van der Waals surface area contributed by atoms with Crippen molar-refractivity contribution in [3.05, 3.63) is 29.8 Å². The van der Waals surface area contributed by atoms with Crippen molar-refractivity contribution >= 4 is 35.3 Å². The van der Waals surface area contributed by atoms with Crippen molar-refractivity contribution in [3.63, 3.8) is 0 Å². The number of nitrogens with two attached hydrogens (primary N) is 1. The van der Waals surface area contributed by atoms with E-state index in [0.717, 1.165) is 0 Å². The van der Waals surface area contributed by atoms with Crippen LogP contribution in [0.4, 0.5) is 5.69 Å². The van der Waals surface area contributed by atoms with Crippen LogP contribution < -0.4 is 16.4 Å². The molecule has 1 aromatic carbocycles. The Kier molecular flexibility index (Phi) is 7.07. The Balaban J connectivity index is 2.40. The van der Waals surface area contributed by atoms with E-state index < -0.39 is 36.2 Å². The molecule has 0 fully saturated rings. The smallest absolute Gasteiger partial charge is 0.319 e. The summed E-state index contributed by atoms with van der Waals surface area (Å²) in [6, 6.07) is 6.23. The maximum Gasteiger partial charge on any atom is 0.319 e.